The van der Waals surface area contributed by atoms with Crippen LogP contribution < -0.4 is 10.6 Å². The van der Waals surface area contributed by atoms with Crippen LogP contribution in [-0.4, -0.2) is 24.5 Å². The van der Waals surface area contributed by atoms with E-state index < -0.39 is 0 Å². The van der Waals surface area contributed by atoms with E-state index in [0.717, 1.165) is 30.7 Å². The summed E-state index contributed by atoms with van der Waals surface area (Å²) in [6, 6.07) is 0.328. The van der Waals surface area contributed by atoms with Crippen LogP contribution in [0.5, 0.6) is 0 Å². The second-order valence-corrected chi connectivity index (χ2v) is 8.12. The second kappa shape index (κ2) is 5.32. The van der Waals surface area contributed by atoms with Gasteiger partial charge in [-0.05, 0) is 68.7 Å². The molecule has 3 fully saturated rings. The number of hydrogen-bond donors (Lipinski definition) is 2. The van der Waals surface area contributed by atoms with Gasteiger partial charge in [0.1, 0.15) is 0 Å². The number of amides is 1. The summed E-state index contributed by atoms with van der Waals surface area (Å²) in [7, 11) is 0. The molecule has 5 atom stereocenters. The van der Waals surface area contributed by atoms with Crippen molar-refractivity contribution in [2.24, 2.45) is 23.2 Å². The van der Waals surface area contributed by atoms with Gasteiger partial charge in [0.15, 0.2) is 0 Å². The van der Waals surface area contributed by atoms with Gasteiger partial charge in [0, 0.05) is 6.04 Å². The molecule has 2 N–H and O–H groups in total. The summed E-state index contributed by atoms with van der Waals surface area (Å²) in [5.74, 6) is 2.78. The maximum Gasteiger partial charge on any atom is 0.237 e. The average Bonchev–Trinajstić information content (AvgIpc) is 3.00. The van der Waals surface area contributed by atoms with E-state index in [0.29, 0.717) is 6.04 Å². The average molecular weight is 278 g/mol. The Morgan fingerprint density at radius 1 is 1.30 bits per heavy atom. The topological polar surface area (TPSA) is 41.1 Å². The highest BCUT2D eigenvalue weighted by atomic mass is 16.2. The molecule has 1 saturated heterocycles. The van der Waals surface area contributed by atoms with E-state index in [4.69, 9.17) is 0 Å². The SMILES string of the molecule is CC(NC(=O)C1NCCCC1(C)C)C1CC2CCC1C2. The molecule has 0 radical (unpaired) electrons. The normalized spacial score (nSPS) is 40.5. The van der Waals surface area contributed by atoms with E-state index in [1.807, 2.05) is 0 Å². The summed E-state index contributed by atoms with van der Waals surface area (Å²) in [5.41, 5.74) is 0.0801. The Morgan fingerprint density at radius 2 is 2.10 bits per heavy atom. The number of nitrogens with one attached hydrogen (secondary N) is 2. The van der Waals surface area contributed by atoms with Crippen LogP contribution in [0, 0.1) is 23.2 Å². The number of carbonyl (C=O) groups is 1. The Labute approximate surface area is 123 Å². The maximum atomic E-state index is 12.6. The summed E-state index contributed by atoms with van der Waals surface area (Å²) in [5, 5.41) is 6.76. The lowest BCUT2D eigenvalue weighted by molar-refractivity contribution is -0.127. The van der Waals surface area contributed by atoms with Gasteiger partial charge in [-0.25, -0.2) is 0 Å². The van der Waals surface area contributed by atoms with Crippen LogP contribution in [0.3, 0.4) is 0 Å². The monoisotopic (exact) mass is 278 g/mol. The molecule has 5 unspecified atom stereocenters. The highest BCUT2D eigenvalue weighted by Gasteiger charge is 2.43. The van der Waals surface area contributed by atoms with Crippen molar-refractivity contribution in [3.05, 3.63) is 0 Å². The van der Waals surface area contributed by atoms with Crippen molar-refractivity contribution < 1.29 is 4.79 Å². The van der Waals surface area contributed by atoms with Crippen LogP contribution in [0.1, 0.15) is 59.3 Å². The van der Waals surface area contributed by atoms with Crippen molar-refractivity contribution in [3.8, 4) is 0 Å². The van der Waals surface area contributed by atoms with Crippen molar-refractivity contribution in [3.63, 3.8) is 0 Å². The van der Waals surface area contributed by atoms with Gasteiger partial charge >= 0.3 is 0 Å². The fraction of sp³-hybridized carbons (Fsp3) is 0.941. The molecular formula is C17H30N2O. The van der Waals surface area contributed by atoms with Gasteiger partial charge in [0.25, 0.3) is 0 Å². The molecule has 0 aromatic rings. The molecule has 3 nitrogen and oxygen atoms in total. The molecule has 1 aliphatic heterocycles. The van der Waals surface area contributed by atoms with E-state index in [1.54, 1.807) is 0 Å². The lowest BCUT2D eigenvalue weighted by Gasteiger charge is -2.39. The molecule has 2 saturated carbocycles. The van der Waals surface area contributed by atoms with Crippen LogP contribution in [0.25, 0.3) is 0 Å². The molecule has 2 bridgehead atoms. The van der Waals surface area contributed by atoms with Gasteiger partial charge in [-0.3, -0.25) is 4.79 Å². The Balaban J connectivity index is 1.58. The maximum absolute atomic E-state index is 12.6. The number of fused-ring (bicyclic) bond motifs is 2. The zero-order chi connectivity index (χ0) is 14.3. The third-order valence-corrected chi connectivity index (χ3v) is 6.19. The molecule has 3 heteroatoms. The van der Waals surface area contributed by atoms with Crippen LogP contribution in [0.2, 0.25) is 0 Å². The minimum atomic E-state index is -0.0164. The van der Waals surface area contributed by atoms with E-state index in [-0.39, 0.29) is 17.4 Å². The first-order chi connectivity index (χ1) is 9.47. The predicted octanol–water partition coefficient (Wildman–Crippen LogP) is 2.71. The zero-order valence-corrected chi connectivity index (χ0v) is 13.2. The van der Waals surface area contributed by atoms with Crippen LogP contribution in [0.15, 0.2) is 0 Å². The van der Waals surface area contributed by atoms with Crippen LogP contribution >= 0.6 is 0 Å². The van der Waals surface area contributed by atoms with Crippen molar-refractivity contribution >= 4 is 5.91 Å². The van der Waals surface area contributed by atoms with Gasteiger partial charge in [0.2, 0.25) is 5.91 Å². The molecule has 114 valence electrons. The summed E-state index contributed by atoms with van der Waals surface area (Å²) in [6.07, 6.45) is 7.90. The van der Waals surface area contributed by atoms with E-state index in [9.17, 15) is 4.79 Å². The number of carbonyl (C=O) groups excluding carboxylic acids is 1. The third-order valence-electron chi connectivity index (χ3n) is 6.19. The van der Waals surface area contributed by atoms with E-state index in [2.05, 4.69) is 31.4 Å². The standard InChI is InChI=1S/C17H30N2O/c1-11(14-10-12-5-6-13(14)9-12)19-16(20)15-17(2,3)7-4-8-18-15/h11-15,18H,4-10H2,1-3H3,(H,19,20). The fourth-order valence-corrected chi connectivity index (χ4v) is 4.98. The molecule has 0 aromatic heterocycles. The Bertz CT molecular complexity index is 379. The van der Waals surface area contributed by atoms with Crippen molar-refractivity contribution in [1.82, 2.24) is 10.6 Å². The molecule has 2 aliphatic carbocycles. The predicted molar refractivity (Wildman–Crippen MR) is 81.3 cm³/mol. The Kier molecular flexibility index (Phi) is 3.83. The lowest BCUT2D eigenvalue weighted by Crippen LogP contribution is -2.57. The lowest BCUT2D eigenvalue weighted by atomic mass is 9.76. The summed E-state index contributed by atoms with van der Waals surface area (Å²) in [6.45, 7) is 7.63. The first kappa shape index (κ1) is 14.4. The molecule has 1 amide bonds. The van der Waals surface area contributed by atoms with Crippen LogP contribution in [-0.2, 0) is 4.79 Å². The Hall–Kier alpha value is -0.570. The number of piperidine rings is 1. The number of hydrogen-bond acceptors (Lipinski definition) is 2. The molecule has 1 heterocycles. The zero-order valence-electron chi connectivity index (χ0n) is 13.2. The van der Waals surface area contributed by atoms with Gasteiger partial charge in [0.05, 0.1) is 6.04 Å². The Morgan fingerprint density at radius 3 is 2.70 bits per heavy atom. The first-order valence-electron chi connectivity index (χ1n) is 8.51. The molecule has 0 spiro atoms. The largest absolute Gasteiger partial charge is 0.352 e. The molecular weight excluding hydrogens is 248 g/mol. The summed E-state index contributed by atoms with van der Waals surface area (Å²) >= 11 is 0. The summed E-state index contributed by atoms with van der Waals surface area (Å²) < 4.78 is 0. The second-order valence-electron chi connectivity index (χ2n) is 8.12. The highest BCUT2D eigenvalue weighted by molar-refractivity contribution is 5.83. The quantitative estimate of drug-likeness (QED) is 0.833. The van der Waals surface area contributed by atoms with Crippen molar-refractivity contribution in [1.29, 1.82) is 0 Å². The molecule has 3 rings (SSSR count). The molecule has 20 heavy (non-hydrogen) atoms. The van der Waals surface area contributed by atoms with E-state index >= 15 is 0 Å². The van der Waals surface area contributed by atoms with Crippen molar-refractivity contribution in [2.45, 2.75) is 71.4 Å². The minimum Gasteiger partial charge on any atom is -0.352 e. The smallest absolute Gasteiger partial charge is 0.237 e. The van der Waals surface area contributed by atoms with Gasteiger partial charge in [-0.15, -0.1) is 0 Å². The van der Waals surface area contributed by atoms with E-state index in [1.165, 1.54) is 32.1 Å². The molecule has 0 aromatic carbocycles. The fourth-order valence-electron chi connectivity index (χ4n) is 4.98. The number of rotatable bonds is 3. The highest BCUT2D eigenvalue weighted by Crippen LogP contribution is 2.49. The molecule has 3 aliphatic rings. The van der Waals surface area contributed by atoms with Gasteiger partial charge < -0.3 is 10.6 Å². The van der Waals surface area contributed by atoms with Gasteiger partial charge in [-0.2, -0.15) is 0 Å². The third kappa shape index (κ3) is 2.61. The minimum absolute atomic E-state index is 0.0164. The van der Waals surface area contributed by atoms with Crippen molar-refractivity contribution in [2.75, 3.05) is 6.54 Å². The first-order valence-corrected chi connectivity index (χ1v) is 8.51. The van der Waals surface area contributed by atoms with Crippen LogP contribution in [0.4, 0.5) is 0 Å². The van der Waals surface area contributed by atoms with Gasteiger partial charge in [-0.1, -0.05) is 20.3 Å². The summed E-state index contributed by atoms with van der Waals surface area (Å²) in [4.78, 5) is 12.6.